The van der Waals surface area contributed by atoms with E-state index < -0.39 is 11.9 Å². The number of aromatic hydroxyl groups is 1. The lowest BCUT2D eigenvalue weighted by molar-refractivity contribution is -0.137. The second-order valence-corrected chi connectivity index (χ2v) is 10.3. The predicted octanol–water partition coefficient (Wildman–Crippen LogP) is 6.41. The highest BCUT2D eigenvalue weighted by Gasteiger charge is 2.25. The van der Waals surface area contributed by atoms with Crippen molar-refractivity contribution in [1.82, 2.24) is 9.88 Å². The Balaban J connectivity index is 0.000000231. The third kappa shape index (κ3) is 8.50. The number of carboxylic acid groups (broad SMARTS) is 2. The van der Waals surface area contributed by atoms with Crippen LogP contribution in [0.2, 0.25) is 5.02 Å². The summed E-state index contributed by atoms with van der Waals surface area (Å²) in [5.74, 6) is -2.02. The minimum absolute atomic E-state index is 0.0660. The number of aliphatic carboxylic acids is 1. The highest BCUT2D eigenvalue weighted by molar-refractivity contribution is 6.30. The smallest absolute Gasteiger partial charge is 0.339 e. The quantitative estimate of drug-likeness (QED) is 0.209. The molecular formula is C32H33ClN2O6. The van der Waals surface area contributed by atoms with Crippen molar-refractivity contribution >= 4 is 34.3 Å². The molecule has 1 fully saturated rings. The molecule has 5 rings (SSSR count). The lowest BCUT2D eigenvalue weighted by Gasteiger charge is -2.34. The number of piperidine rings is 1. The molecule has 41 heavy (non-hydrogen) atoms. The van der Waals surface area contributed by atoms with Gasteiger partial charge in [0.05, 0.1) is 11.8 Å². The van der Waals surface area contributed by atoms with Crippen LogP contribution in [0.1, 0.15) is 53.4 Å². The largest absolute Gasteiger partial charge is 0.506 e. The number of carboxylic acids is 2. The van der Waals surface area contributed by atoms with Crippen molar-refractivity contribution in [2.24, 2.45) is 0 Å². The van der Waals surface area contributed by atoms with Crippen LogP contribution < -0.4 is 0 Å². The van der Waals surface area contributed by atoms with E-state index in [2.05, 4.69) is 9.88 Å². The third-order valence-electron chi connectivity index (χ3n) is 6.99. The van der Waals surface area contributed by atoms with E-state index in [0.717, 1.165) is 49.1 Å². The molecule has 0 aliphatic carbocycles. The number of aromatic carboxylic acids is 1. The maximum atomic E-state index is 10.7. The molecule has 3 N–H and O–H groups in total. The third-order valence-corrected chi connectivity index (χ3v) is 7.24. The number of hydrogen-bond donors (Lipinski definition) is 3. The number of nitrogens with zero attached hydrogens (tertiary/aromatic N) is 2. The maximum Gasteiger partial charge on any atom is 0.339 e. The molecule has 0 unspecified atom stereocenters. The maximum absolute atomic E-state index is 10.7. The standard InChI is InChI=1S/C21H25ClN2O3.C11H8O3/c22-17-8-6-16(7-9-17)21(19-4-1-2-12-23-19)27-18-10-14-24(15-11-18)13-3-5-20(25)26;12-10-8-4-2-1-3-7(8)5-6-9(10)11(13)14/h1-2,4,6-9,12,18,21H,3,5,10-11,13-15H2,(H,25,26);1-6,12H,(H,13,14)/t21-;/m0./s1. The first-order valence-electron chi connectivity index (χ1n) is 13.5. The number of rotatable bonds is 9. The first-order valence-corrected chi connectivity index (χ1v) is 13.9. The van der Waals surface area contributed by atoms with Gasteiger partial charge in [-0.25, -0.2) is 4.79 Å². The van der Waals surface area contributed by atoms with Gasteiger partial charge in [-0.2, -0.15) is 0 Å². The summed E-state index contributed by atoms with van der Waals surface area (Å²) in [6.07, 6.45) is 4.52. The Kier molecular flexibility index (Phi) is 10.7. The van der Waals surface area contributed by atoms with Crippen molar-refractivity contribution < 1.29 is 29.6 Å². The molecule has 0 saturated carbocycles. The predicted molar refractivity (Wildman–Crippen MR) is 158 cm³/mol. The van der Waals surface area contributed by atoms with E-state index in [1.807, 2.05) is 54.6 Å². The van der Waals surface area contributed by atoms with E-state index in [1.165, 1.54) is 6.07 Å². The highest BCUT2D eigenvalue weighted by atomic mass is 35.5. The summed E-state index contributed by atoms with van der Waals surface area (Å²) >= 11 is 6.03. The van der Waals surface area contributed by atoms with Gasteiger partial charge in [-0.3, -0.25) is 9.78 Å². The van der Waals surface area contributed by atoms with Gasteiger partial charge in [-0.1, -0.05) is 60.1 Å². The normalized spacial score (nSPS) is 14.7. The molecule has 1 aliphatic heterocycles. The van der Waals surface area contributed by atoms with Crippen molar-refractivity contribution in [2.75, 3.05) is 19.6 Å². The molecule has 214 valence electrons. The summed E-state index contributed by atoms with van der Waals surface area (Å²) < 4.78 is 6.47. The number of benzene rings is 3. The van der Waals surface area contributed by atoms with E-state index in [0.29, 0.717) is 16.8 Å². The summed E-state index contributed by atoms with van der Waals surface area (Å²) in [4.78, 5) is 28.2. The Morgan fingerprint density at radius 3 is 2.32 bits per heavy atom. The molecule has 2 heterocycles. The summed E-state index contributed by atoms with van der Waals surface area (Å²) in [5.41, 5.74) is 1.87. The van der Waals surface area contributed by atoms with Gasteiger partial charge in [0.2, 0.25) is 0 Å². The lowest BCUT2D eigenvalue weighted by atomic mass is 10.0. The Bertz CT molecular complexity index is 1440. The first kappa shape index (κ1) is 30.0. The van der Waals surface area contributed by atoms with Crippen LogP contribution in [0.3, 0.4) is 0 Å². The molecule has 0 bridgehead atoms. The number of hydrogen-bond acceptors (Lipinski definition) is 6. The van der Waals surface area contributed by atoms with E-state index >= 15 is 0 Å². The Hall–Kier alpha value is -3.98. The van der Waals surface area contributed by atoms with E-state index in [4.69, 9.17) is 26.6 Å². The average molecular weight is 577 g/mol. The number of carbonyl (C=O) groups is 2. The van der Waals surface area contributed by atoms with Crippen molar-refractivity contribution in [3.63, 3.8) is 0 Å². The molecule has 0 amide bonds. The van der Waals surface area contributed by atoms with Crippen molar-refractivity contribution in [3.05, 3.63) is 107 Å². The van der Waals surface area contributed by atoms with Gasteiger partial charge in [0.15, 0.2) is 0 Å². The van der Waals surface area contributed by atoms with Crippen LogP contribution in [-0.4, -0.2) is 62.9 Å². The van der Waals surface area contributed by atoms with Crippen molar-refractivity contribution in [3.8, 4) is 5.75 Å². The molecule has 4 aromatic rings. The minimum atomic E-state index is -1.12. The average Bonchev–Trinajstić information content (AvgIpc) is 2.98. The Morgan fingerprint density at radius 1 is 0.951 bits per heavy atom. The van der Waals surface area contributed by atoms with Crippen LogP contribution in [0.15, 0.2) is 85.1 Å². The SMILES string of the molecule is O=C(O)CCCN1CCC(O[C@@H](c2ccc(Cl)cc2)c2ccccn2)CC1.O=C(O)c1ccc2ccccc2c1O. The number of fused-ring (bicyclic) bond motifs is 1. The van der Waals surface area contributed by atoms with Crippen LogP contribution in [-0.2, 0) is 9.53 Å². The van der Waals surface area contributed by atoms with Gasteiger partial charge in [-0.05, 0) is 67.1 Å². The number of likely N-dealkylation sites (tertiary alicyclic amines) is 1. The van der Waals surface area contributed by atoms with Gasteiger partial charge in [0, 0.05) is 36.1 Å². The number of ether oxygens (including phenoxy) is 1. The molecule has 0 spiro atoms. The fourth-order valence-electron chi connectivity index (χ4n) is 4.83. The molecule has 1 aromatic heterocycles. The van der Waals surface area contributed by atoms with Gasteiger partial charge in [-0.15, -0.1) is 0 Å². The summed E-state index contributed by atoms with van der Waals surface area (Å²) in [7, 11) is 0. The minimum Gasteiger partial charge on any atom is -0.506 e. The highest BCUT2D eigenvalue weighted by Crippen LogP contribution is 2.30. The molecule has 0 radical (unpaired) electrons. The second kappa shape index (κ2) is 14.6. The fourth-order valence-corrected chi connectivity index (χ4v) is 4.96. The van der Waals surface area contributed by atoms with E-state index in [1.54, 1.807) is 24.4 Å². The second-order valence-electron chi connectivity index (χ2n) is 9.85. The molecule has 9 heteroatoms. The fraction of sp³-hybridized carbons (Fsp3) is 0.281. The molecular weight excluding hydrogens is 544 g/mol. The summed E-state index contributed by atoms with van der Waals surface area (Å²) in [6, 6.07) is 23.8. The first-order chi connectivity index (χ1) is 19.8. The van der Waals surface area contributed by atoms with E-state index in [9.17, 15) is 14.7 Å². The molecule has 3 aromatic carbocycles. The Labute approximate surface area is 243 Å². The van der Waals surface area contributed by atoms with Crippen LogP contribution >= 0.6 is 11.6 Å². The number of pyridine rings is 1. The lowest BCUT2D eigenvalue weighted by Crippen LogP contribution is -2.38. The number of phenols is 1. The van der Waals surface area contributed by atoms with Crippen molar-refractivity contribution in [1.29, 1.82) is 0 Å². The van der Waals surface area contributed by atoms with Gasteiger partial charge in [0.25, 0.3) is 0 Å². The molecule has 1 saturated heterocycles. The van der Waals surface area contributed by atoms with Crippen LogP contribution in [0.4, 0.5) is 0 Å². The molecule has 8 nitrogen and oxygen atoms in total. The van der Waals surface area contributed by atoms with Gasteiger partial charge >= 0.3 is 11.9 Å². The zero-order valence-corrected chi connectivity index (χ0v) is 23.3. The summed E-state index contributed by atoms with van der Waals surface area (Å²) in [5, 5.41) is 29.3. The molecule has 1 aliphatic rings. The van der Waals surface area contributed by atoms with Crippen molar-refractivity contribution in [2.45, 2.75) is 37.9 Å². The zero-order chi connectivity index (χ0) is 29.2. The van der Waals surface area contributed by atoms with Crippen LogP contribution in [0.25, 0.3) is 10.8 Å². The summed E-state index contributed by atoms with van der Waals surface area (Å²) in [6.45, 7) is 2.69. The number of aromatic nitrogens is 1. The van der Waals surface area contributed by atoms with Gasteiger partial charge in [0.1, 0.15) is 17.4 Å². The Morgan fingerprint density at radius 2 is 1.66 bits per heavy atom. The van der Waals surface area contributed by atoms with E-state index in [-0.39, 0.29) is 29.9 Å². The monoisotopic (exact) mass is 576 g/mol. The number of halogens is 1. The molecule has 1 atom stereocenters. The topological polar surface area (TPSA) is 120 Å². The van der Waals surface area contributed by atoms with Crippen LogP contribution in [0, 0.1) is 0 Å². The van der Waals surface area contributed by atoms with Gasteiger partial charge < -0.3 is 25.0 Å². The zero-order valence-electron chi connectivity index (χ0n) is 22.5. The van der Waals surface area contributed by atoms with Crippen LogP contribution in [0.5, 0.6) is 5.75 Å².